The third-order valence-electron chi connectivity index (χ3n) is 2.09. The van der Waals surface area contributed by atoms with Gasteiger partial charge in [0.05, 0.1) is 0 Å². The Morgan fingerprint density at radius 3 is 2.62 bits per heavy atom. The molecule has 0 aliphatic heterocycles. The Labute approximate surface area is 77.6 Å². The Kier molecular flexibility index (Phi) is 3.18. The molecule has 0 aliphatic carbocycles. The van der Waals surface area contributed by atoms with Crippen molar-refractivity contribution in [1.82, 2.24) is 0 Å². The fourth-order valence-corrected chi connectivity index (χ4v) is 1.37. The molecule has 1 aromatic carbocycles. The van der Waals surface area contributed by atoms with Gasteiger partial charge in [0.15, 0.2) is 5.78 Å². The van der Waals surface area contributed by atoms with Gasteiger partial charge in [0, 0.05) is 12.0 Å². The first kappa shape index (κ1) is 9.90. The second-order valence-electron chi connectivity index (χ2n) is 2.90. The SMILES string of the molecule is CCC(=O)c1cccc(F)c1CC. The number of ketones is 1. The van der Waals surface area contributed by atoms with Crippen molar-refractivity contribution >= 4 is 5.78 Å². The summed E-state index contributed by atoms with van der Waals surface area (Å²) in [6.45, 7) is 3.64. The lowest BCUT2D eigenvalue weighted by molar-refractivity contribution is 0.0986. The van der Waals surface area contributed by atoms with Crippen LogP contribution in [0.2, 0.25) is 0 Å². The number of carbonyl (C=O) groups excluding carboxylic acids is 1. The fraction of sp³-hybridized carbons (Fsp3) is 0.364. The predicted octanol–water partition coefficient (Wildman–Crippen LogP) is 2.98. The van der Waals surface area contributed by atoms with Crippen LogP contribution in [0.4, 0.5) is 4.39 Å². The van der Waals surface area contributed by atoms with Crippen molar-refractivity contribution in [3.63, 3.8) is 0 Å². The highest BCUT2D eigenvalue weighted by Gasteiger charge is 2.11. The average Bonchev–Trinajstić information content (AvgIpc) is 2.16. The van der Waals surface area contributed by atoms with Crippen molar-refractivity contribution in [2.75, 3.05) is 0 Å². The van der Waals surface area contributed by atoms with Crippen LogP contribution in [0.5, 0.6) is 0 Å². The summed E-state index contributed by atoms with van der Waals surface area (Å²) in [5.74, 6) is -0.266. The summed E-state index contributed by atoms with van der Waals surface area (Å²) in [6, 6.07) is 4.66. The number of hydrogen-bond acceptors (Lipinski definition) is 1. The van der Waals surface area contributed by atoms with Crippen molar-refractivity contribution in [1.29, 1.82) is 0 Å². The molecule has 1 nitrogen and oxygen atoms in total. The number of carbonyl (C=O) groups is 1. The van der Waals surface area contributed by atoms with E-state index >= 15 is 0 Å². The first-order valence-corrected chi connectivity index (χ1v) is 4.51. The van der Waals surface area contributed by atoms with Gasteiger partial charge in [-0.25, -0.2) is 4.39 Å². The van der Waals surface area contributed by atoms with Crippen LogP contribution in [0, 0.1) is 5.82 Å². The summed E-state index contributed by atoms with van der Waals surface area (Å²) in [5, 5.41) is 0. The average molecular weight is 180 g/mol. The van der Waals surface area contributed by atoms with E-state index < -0.39 is 0 Å². The Morgan fingerprint density at radius 2 is 2.08 bits per heavy atom. The zero-order valence-corrected chi connectivity index (χ0v) is 7.93. The monoisotopic (exact) mass is 180 g/mol. The van der Waals surface area contributed by atoms with Gasteiger partial charge in [-0.15, -0.1) is 0 Å². The summed E-state index contributed by atoms with van der Waals surface area (Å²) >= 11 is 0. The first-order chi connectivity index (χ1) is 6.20. The lowest BCUT2D eigenvalue weighted by Gasteiger charge is -2.05. The molecule has 70 valence electrons. The molecular formula is C11H13FO. The molecular weight excluding hydrogens is 167 g/mol. The van der Waals surface area contributed by atoms with Gasteiger partial charge >= 0.3 is 0 Å². The minimum absolute atomic E-state index is 0.0105. The minimum atomic E-state index is -0.276. The third-order valence-corrected chi connectivity index (χ3v) is 2.09. The summed E-state index contributed by atoms with van der Waals surface area (Å²) < 4.78 is 13.2. The molecule has 0 radical (unpaired) electrons. The molecule has 2 heteroatoms. The van der Waals surface area contributed by atoms with Crippen molar-refractivity contribution in [2.24, 2.45) is 0 Å². The van der Waals surface area contributed by atoms with Crippen molar-refractivity contribution in [3.8, 4) is 0 Å². The van der Waals surface area contributed by atoms with E-state index in [-0.39, 0.29) is 11.6 Å². The first-order valence-electron chi connectivity index (χ1n) is 4.51. The molecule has 0 unspecified atom stereocenters. The zero-order chi connectivity index (χ0) is 9.84. The largest absolute Gasteiger partial charge is 0.294 e. The normalized spacial score (nSPS) is 10.1. The molecule has 1 aromatic rings. The maximum atomic E-state index is 13.2. The molecule has 0 fully saturated rings. The standard InChI is InChI=1S/C11H13FO/c1-3-8-9(11(13)4-2)6-5-7-10(8)12/h5-7H,3-4H2,1-2H3. The van der Waals surface area contributed by atoms with Crippen LogP contribution in [0.25, 0.3) is 0 Å². The van der Waals surface area contributed by atoms with E-state index in [1.807, 2.05) is 6.92 Å². The Balaban J connectivity index is 3.20. The Morgan fingerprint density at radius 1 is 1.38 bits per heavy atom. The molecule has 0 saturated heterocycles. The molecule has 0 atom stereocenters. The van der Waals surface area contributed by atoms with Gasteiger partial charge in [-0.3, -0.25) is 4.79 Å². The number of benzene rings is 1. The van der Waals surface area contributed by atoms with Gasteiger partial charge in [0.2, 0.25) is 0 Å². The number of halogens is 1. The van der Waals surface area contributed by atoms with Crippen LogP contribution in [0.3, 0.4) is 0 Å². The van der Waals surface area contributed by atoms with Gasteiger partial charge in [-0.2, -0.15) is 0 Å². The fourth-order valence-electron chi connectivity index (χ4n) is 1.37. The maximum absolute atomic E-state index is 13.2. The molecule has 0 bridgehead atoms. The highest BCUT2D eigenvalue weighted by Crippen LogP contribution is 2.15. The van der Waals surface area contributed by atoms with Crippen LogP contribution < -0.4 is 0 Å². The van der Waals surface area contributed by atoms with E-state index in [4.69, 9.17) is 0 Å². The highest BCUT2D eigenvalue weighted by atomic mass is 19.1. The Hall–Kier alpha value is -1.18. The predicted molar refractivity (Wildman–Crippen MR) is 50.4 cm³/mol. The van der Waals surface area contributed by atoms with E-state index in [1.165, 1.54) is 6.07 Å². The molecule has 0 amide bonds. The minimum Gasteiger partial charge on any atom is -0.294 e. The lowest BCUT2D eigenvalue weighted by atomic mass is 10.00. The summed E-state index contributed by atoms with van der Waals surface area (Å²) in [5.41, 5.74) is 1.07. The van der Waals surface area contributed by atoms with Crippen LogP contribution in [0.1, 0.15) is 36.2 Å². The molecule has 1 rings (SSSR count). The number of hydrogen-bond donors (Lipinski definition) is 0. The summed E-state index contributed by atoms with van der Waals surface area (Å²) in [4.78, 5) is 11.4. The molecule has 0 aromatic heterocycles. The van der Waals surface area contributed by atoms with E-state index in [0.717, 1.165) is 0 Å². The topological polar surface area (TPSA) is 17.1 Å². The molecule has 0 heterocycles. The van der Waals surface area contributed by atoms with E-state index in [2.05, 4.69) is 0 Å². The van der Waals surface area contributed by atoms with Crippen LogP contribution in [0.15, 0.2) is 18.2 Å². The molecule has 0 saturated carbocycles. The van der Waals surface area contributed by atoms with Gasteiger partial charge in [0.1, 0.15) is 5.82 Å². The summed E-state index contributed by atoms with van der Waals surface area (Å²) in [6.07, 6.45) is 0.990. The van der Waals surface area contributed by atoms with Crippen LogP contribution >= 0.6 is 0 Å². The van der Waals surface area contributed by atoms with E-state index in [1.54, 1.807) is 19.1 Å². The number of Topliss-reactive ketones (excluding diaryl/α,β-unsaturated/α-hetero) is 1. The quantitative estimate of drug-likeness (QED) is 0.653. The maximum Gasteiger partial charge on any atom is 0.162 e. The van der Waals surface area contributed by atoms with Gasteiger partial charge in [-0.1, -0.05) is 26.0 Å². The van der Waals surface area contributed by atoms with Crippen LogP contribution in [-0.4, -0.2) is 5.78 Å². The number of rotatable bonds is 3. The van der Waals surface area contributed by atoms with E-state index in [9.17, 15) is 9.18 Å². The lowest BCUT2D eigenvalue weighted by Crippen LogP contribution is -2.03. The van der Waals surface area contributed by atoms with Crippen molar-refractivity contribution in [2.45, 2.75) is 26.7 Å². The summed E-state index contributed by atoms with van der Waals surface area (Å²) in [7, 11) is 0. The van der Waals surface area contributed by atoms with Gasteiger partial charge in [0.25, 0.3) is 0 Å². The molecule has 0 N–H and O–H groups in total. The third kappa shape index (κ3) is 1.94. The van der Waals surface area contributed by atoms with Crippen molar-refractivity contribution in [3.05, 3.63) is 35.1 Å². The molecule has 0 aliphatic rings. The smallest absolute Gasteiger partial charge is 0.162 e. The van der Waals surface area contributed by atoms with Crippen molar-refractivity contribution < 1.29 is 9.18 Å². The highest BCUT2D eigenvalue weighted by molar-refractivity contribution is 5.97. The second-order valence-corrected chi connectivity index (χ2v) is 2.90. The second kappa shape index (κ2) is 4.17. The van der Waals surface area contributed by atoms with Crippen LogP contribution in [-0.2, 0) is 6.42 Å². The van der Waals surface area contributed by atoms with E-state index in [0.29, 0.717) is 24.0 Å². The molecule has 0 spiro atoms. The Bertz CT molecular complexity index is 318. The zero-order valence-electron chi connectivity index (χ0n) is 7.93. The van der Waals surface area contributed by atoms with Gasteiger partial charge < -0.3 is 0 Å². The van der Waals surface area contributed by atoms with Gasteiger partial charge in [-0.05, 0) is 18.1 Å². The molecule has 13 heavy (non-hydrogen) atoms.